The van der Waals surface area contributed by atoms with E-state index >= 15 is 0 Å². The van der Waals surface area contributed by atoms with E-state index in [1.54, 1.807) is 112 Å². The molecule has 4 saturated heterocycles. The maximum atomic E-state index is 14.0. The van der Waals surface area contributed by atoms with Crippen molar-refractivity contribution in [3.8, 4) is 23.0 Å². The van der Waals surface area contributed by atoms with Gasteiger partial charge in [0.25, 0.3) is 45.9 Å². The Balaban J connectivity index is 0.000000253. The second-order valence-electron chi connectivity index (χ2n) is 31.0. The minimum atomic E-state index is -0.787. The van der Waals surface area contributed by atoms with Crippen molar-refractivity contribution in [3.63, 3.8) is 0 Å². The van der Waals surface area contributed by atoms with E-state index in [1.807, 2.05) is 58.3 Å². The van der Waals surface area contributed by atoms with Gasteiger partial charge >= 0.3 is 11.9 Å². The molecule has 7 aliphatic heterocycles. The van der Waals surface area contributed by atoms with Crippen LogP contribution in [0.1, 0.15) is 191 Å². The lowest BCUT2D eigenvalue weighted by Gasteiger charge is -2.39. The summed E-state index contributed by atoms with van der Waals surface area (Å²) in [5, 5.41) is 18.7. The zero-order valence-electron chi connectivity index (χ0n) is 72.0. The number of hydrogen-bond acceptors (Lipinski definition) is 27. The van der Waals surface area contributed by atoms with E-state index in [0.29, 0.717) is 114 Å². The number of ether oxygens (including phenoxy) is 6. The number of benzene rings is 2. The van der Waals surface area contributed by atoms with E-state index < -0.39 is 34.8 Å². The van der Waals surface area contributed by atoms with Gasteiger partial charge in [-0.3, -0.25) is 56.9 Å². The van der Waals surface area contributed by atoms with Crippen LogP contribution in [-0.4, -0.2) is 212 Å². The zero-order chi connectivity index (χ0) is 90.4. The first kappa shape index (κ1) is 105. The van der Waals surface area contributed by atoms with Crippen LogP contribution >= 0.6 is 47.8 Å². The number of nitrogens with one attached hydrogen (secondary N) is 7. The van der Waals surface area contributed by atoms with Crippen LogP contribution in [0.2, 0.25) is 0 Å². The van der Waals surface area contributed by atoms with Gasteiger partial charge in [0.1, 0.15) is 97.0 Å². The number of hydrogen-bond donors (Lipinski definition) is 9. The third-order valence-corrected chi connectivity index (χ3v) is 24.2. The van der Waals surface area contributed by atoms with E-state index in [-0.39, 0.29) is 105 Å². The van der Waals surface area contributed by atoms with Gasteiger partial charge < -0.3 is 96.4 Å². The van der Waals surface area contributed by atoms with Crippen molar-refractivity contribution < 1.29 is 62.0 Å². The van der Waals surface area contributed by atoms with Crippen LogP contribution in [0.25, 0.3) is 0 Å². The summed E-state index contributed by atoms with van der Waals surface area (Å²) in [4.78, 5) is 153. The van der Waals surface area contributed by atoms with Crippen LogP contribution in [0.5, 0.6) is 23.0 Å². The molecule has 696 valence electrons. The molecule has 11 N–H and O–H groups in total. The van der Waals surface area contributed by atoms with Gasteiger partial charge in [0.15, 0.2) is 0 Å². The van der Waals surface area contributed by atoms with Crippen LogP contribution in [0.3, 0.4) is 0 Å². The second kappa shape index (κ2) is 46.1. The number of H-pyrrole nitrogens is 1. The van der Waals surface area contributed by atoms with Crippen molar-refractivity contribution in [3.05, 3.63) is 207 Å². The number of nitrogens with zero attached hydrogens (tertiary/aromatic N) is 9. The van der Waals surface area contributed by atoms with Crippen LogP contribution < -0.4 is 84.6 Å². The normalized spacial score (nSPS) is 15.8. The first-order valence-corrected chi connectivity index (χ1v) is 42.7. The van der Waals surface area contributed by atoms with E-state index in [0.717, 1.165) is 119 Å². The van der Waals surface area contributed by atoms with Gasteiger partial charge in [-0.05, 0) is 188 Å². The van der Waals surface area contributed by atoms with Crippen molar-refractivity contribution in [1.29, 1.82) is 0 Å². The molecular formula is C90H123Br3N18O17. The molecule has 0 bridgehead atoms. The number of likely N-dealkylation sites (tertiary alicyclic amines) is 4. The number of esters is 2. The lowest BCUT2D eigenvalue weighted by atomic mass is 9.97. The lowest BCUT2D eigenvalue weighted by Crippen LogP contribution is -2.53. The van der Waals surface area contributed by atoms with Crippen LogP contribution in [-0.2, 0) is 44.3 Å². The molecule has 6 aromatic heterocycles. The van der Waals surface area contributed by atoms with Crippen molar-refractivity contribution in [2.75, 3.05) is 144 Å². The van der Waals surface area contributed by atoms with Gasteiger partial charge in [-0.1, -0.05) is 29.7 Å². The van der Waals surface area contributed by atoms with Gasteiger partial charge in [0.05, 0.1) is 66.4 Å². The minimum Gasteiger partial charge on any atom is -0.497 e. The van der Waals surface area contributed by atoms with Crippen LogP contribution in [0.15, 0.2) is 118 Å². The molecule has 3 spiro atoms. The van der Waals surface area contributed by atoms with E-state index in [4.69, 9.17) is 39.9 Å². The number of primary amides is 1. The fourth-order valence-corrected chi connectivity index (χ4v) is 17.0. The quantitative estimate of drug-likeness (QED) is 0.0382. The number of rotatable bonds is 17. The van der Waals surface area contributed by atoms with Gasteiger partial charge in [0.2, 0.25) is 0 Å². The number of pyridine rings is 6. The highest BCUT2D eigenvalue weighted by Gasteiger charge is 2.49. The molecule has 0 aliphatic carbocycles. The monoisotopic (exact) mass is 1960 g/mol. The number of aromatic nitrogens is 6. The molecule has 128 heavy (non-hydrogen) atoms. The number of fused-ring (bicyclic) bond motifs is 6. The van der Waals surface area contributed by atoms with Crippen molar-refractivity contribution >= 4 is 118 Å². The smallest absolute Gasteiger partial charge is 0.341 e. The Kier molecular flexibility index (Phi) is 38.0. The molecule has 35 nitrogen and oxygen atoms in total. The molecule has 15 rings (SSSR count). The molecule has 4 amide bonds. The number of aryl methyl sites for hydroxylation is 4. The predicted octanol–water partition coefficient (Wildman–Crippen LogP) is 11.1. The Bertz CT molecular complexity index is 5500. The Morgan fingerprint density at radius 3 is 1.21 bits per heavy atom. The number of aromatic amines is 1. The molecule has 7 aliphatic rings. The fourth-order valence-electron chi connectivity index (χ4n) is 15.5. The largest absolute Gasteiger partial charge is 0.497 e. The van der Waals surface area contributed by atoms with Gasteiger partial charge in [-0.15, -0.1) is 0 Å². The number of Topliss-reactive ketones (excluding diaryl/α,β-unsaturated/α-hetero) is 1. The van der Waals surface area contributed by atoms with Crippen molar-refractivity contribution in [1.82, 2.24) is 64.2 Å². The van der Waals surface area contributed by atoms with Gasteiger partial charge in [0, 0.05) is 165 Å². The third kappa shape index (κ3) is 24.2. The van der Waals surface area contributed by atoms with E-state index in [1.165, 1.54) is 12.4 Å². The highest BCUT2D eigenvalue weighted by atomic mass is 79.9. The average molecular weight is 1970 g/mol. The van der Waals surface area contributed by atoms with Crippen LogP contribution in [0, 0.1) is 27.7 Å². The Hall–Kier alpha value is -11.3. The Labute approximate surface area is 771 Å². The highest BCUT2D eigenvalue weighted by Crippen LogP contribution is 2.39. The number of amides is 4. The molecule has 38 heteroatoms. The zero-order valence-corrected chi connectivity index (χ0v) is 76.7. The van der Waals surface area contributed by atoms with Crippen molar-refractivity contribution in [2.24, 2.45) is 5.73 Å². The number of carbonyl (C=O) groups is 7. The molecular weight excluding hydrogens is 1840 g/mol. The number of piperidine rings is 4. The maximum Gasteiger partial charge on any atom is 0.341 e. The maximum absolute atomic E-state index is 14.0. The number of ketones is 1. The third-order valence-electron chi connectivity index (χ3n) is 22.5. The molecule has 4 fully saturated rings. The molecule has 13 heterocycles. The number of halogens is 3. The molecule has 8 aromatic rings. The summed E-state index contributed by atoms with van der Waals surface area (Å²) in [6, 6.07) is 21.0. The number of anilines is 5. The first-order valence-electron chi connectivity index (χ1n) is 40.3. The Morgan fingerprint density at radius 2 is 0.836 bits per heavy atom. The Morgan fingerprint density at radius 1 is 0.469 bits per heavy atom. The summed E-state index contributed by atoms with van der Waals surface area (Å²) >= 11 is 9.63. The summed E-state index contributed by atoms with van der Waals surface area (Å²) < 4.78 is 37.8. The molecule has 2 aromatic carbocycles. The molecule has 0 saturated carbocycles. The average Bonchev–Trinajstić information content (AvgIpc) is 1.54. The first-order chi connectivity index (χ1) is 59.0. The van der Waals surface area contributed by atoms with Crippen LogP contribution in [0.4, 0.5) is 28.7 Å². The molecule has 0 atom stereocenters. The number of nitrogens with two attached hydrogens (primary N) is 2. The summed E-state index contributed by atoms with van der Waals surface area (Å²) in [6.07, 6.45) is 8.60. The van der Waals surface area contributed by atoms with Gasteiger partial charge in [-0.2, -0.15) is 0 Å². The number of nitrogen functional groups attached to an aromatic ring is 1. The predicted molar refractivity (Wildman–Crippen MR) is 507 cm³/mol. The molecule has 0 unspecified atom stereocenters. The summed E-state index contributed by atoms with van der Waals surface area (Å²) in [7, 11) is 14.6. The second-order valence-corrected chi connectivity index (χ2v) is 33.6. The SMILES string of the molecule is C.C.C.C.CCOC(=O)c1cnc(NCc2ccc(OC)cc2OC)cc1N.CCOC(=O)c1cnc(NCc2ccc(OC)cc2OC)cc1Nc1cc(C)c2n(c1=O)C1(CCN(C)CC1)NC2=O.CN1CCC(=O)CC1.Cc1cc(Br)c(=O)[nH]c1C(N)=O.Cc1cc(Br)c(=O)n2c1C(=O)NC21CCN(C)CC1.Cc1cc(Br)c(=O)n2c1C(=O)NC21CCN(C)CC1. The van der Waals surface area contributed by atoms with E-state index in [9.17, 15) is 52.7 Å². The minimum absolute atomic E-state index is 0. The van der Waals surface area contributed by atoms with Gasteiger partial charge in [-0.25, -0.2) is 19.6 Å². The highest BCUT2D eigenvalue weighted by molar-refractivity contribution is 9.11. The number of methoxy groups -OCH3 is 4. The summed E-state index contributed by atoms with van der Waals surface area (Å²) in [5.74, 6) is 1.99. The van der Waals surface area contributed by atoms with E-state index in [2.05, 4.69) is 128 Å². The fraction of sp³-hybridized carbons (Fsp3) is 0.456. The standard InChI is InChI=1S/C30H36N6O6.C17H21N3O4.2C13H16BrN3O2.C7H7BrN2O2.C6H11NO.4CH4/c1-6-42-29(39)21-17-32-25(31-16-19-7-8-20(40-4)14-24(19)41-5)15-22(21)33-23-13-18(2)26-27(37)34-30(36(26)28(23)38)9-11-35(3)12-10-30;1-4-24-17(21)13-10-20-16(8-14(13)18)19-9-11-5-6-12(22-2)7-15(11)23-3;2*1-8-7-9(14)12(19)17-10(8)11(18)15-13(17)3-5-16(2)6-4-13;1-3-2-4(8)7(12)10-5(3)6(9)11;1-7-4-2-6(8)3-5-7;;;;/h7-8,13-15,17H,6,9-12,16H2,1-5H3,(H,34,37)(H2,31,32,33);5-8,10H,4,9H2,1-3H3,(H3,18,19,20);2*7H,3-6H2,1-2H3,(H,15,18);2H,1H3,(H2,9,11)(H,10,12);2-5H2,1H3;4*1H4. The molecule has 0 radical (unpaired) electrons. The summed E-state index contributed by atoms with van der Waals surface area (Å²) in [5.41, 5.74) is 15.8. The summed E-state index contributed by atoms with van der Waals surface area (Å²) in [6.45, 7) is 18.9. The topological polar surface area (TPSA) is 437 Å². The lowest BCUT2D eigenvalue weighted by molar-refractivity contribution is -0.121. The number of carbonyl (C=O) groups excluding carboxylic acids is 7. The van der Waals surface area contributed by atoms with Crippen molar-refractivity contribution in [2.45, 2.75) is 153 Å².